The Bertz CT molecular complexity index is 1760. The minimum Gasteiger partial charge on any atom is -0.488 e. The van der Waals surface area contributed by atoms with Gasteiger partial charge in [0.2, 0.25) is 0 Å². The van der Waals surface area contributed by atoms with Gasteiger partial charge >= 0.3 is 5.97 Å². The molecule has 0 unspecified atom stereocenters. The molecule has 0 spiro atoms. The summed E-state index contributed by atoms with van der Waals surface area (Å²) in [5.41, 5.74) is 1.85. The Kier molecular flexibility index (Phi) is 7.51. The van der Waals surface area contributed by atoms with Crippen molar-refractivity contribution in [2.24, 2.45) is 4.99 Å². The highest BCUT2D eigenvalue weighted by Crippen LogP contribution is 2.31. The zero-order chi connectivity index (χ0) is 27.5. The van der Waals surface area contributed by atoms with Crippen molar-refractivity contribution in [2.45, 2.75) is 26.5 Å². The van der Waals surface area contributed by atoms with Crippen LogP contribution in [0.3, 0.4) is 0 Å². The van der Waals surface area contributed by atoms with Crippen LogP contribution in [0.15, 0.2) is 93.9 Å². The third kappa shape index (κ3) is 5.31. The zero-order valence-electron chi connectivity index (χ0n) is 21.2. The Hall–Kier alpha value is -4.37. The van der Waals surface area contributed by atoms with E-state index in [0.29, 0.717) is 37.5 Å². The normalized spacial score (nSPS) is 15.1. The van der Waals surface area contributed by atoms with E-state index in [1.165, 1.54) is 34.1 Å². The van der Waals surface area contributed by atoms with Gasteiger partial charge in [0.1, 0.15) is 24.0 Å². The first kappa shape index (κ1) is 26.2. The van der Waals surface area contributed by atoms with Gasteiger partial charge in [0.25, 0.3) is 5.56 Å². The summed E-state index contributed by atoms with van der Waals surface area (Å²) in [6, 6.07) is 18.3. The van der Waals surface area contributed by atoms with Crippen molar-refractivity contribution < 1.29 is 23.0 Å². The SMILES string of the molecule is CCOC(=O)C1=C(C)N=c2sc(=Cc3ccccc3OCc3ccccc3F)c(=O)n2[C@H]1c1ccc(F)cc1. The van der Waals surface area contributed by atoms with Crippen LogP contribution in [0.1, 0.15) is 36.6 Å². The number of nitrogens with zero attached hydrogens (tertiary/aromatic N) is 2. The smallest absolute Gasteiger partial charge is 0.338 e. The largest absolute Gasteiger partial charge is 0.488 e. The number of rotatable bonds is 7. The number of esters is 1. The molecule has 9 heteroatoms. The molecule has 0 aliphatic carbocycles. The summed E-state index contributed by atoms with van der Waals surface area (Å²) >= 11 is 1.17. The standard InChI is InChI=1S/C30H24F2N2O4S/c1-3-37-29(36)26-18(2)33-30-34(27(26)19-12-14-22(31)15-13-19)28(35)25(39-30)16-20-8-5-7-11-24(20)38-17-21-9-4-6-10-23(21)32/h4-16,27H,3,17H2,1-2H3/t27-/m0/s1. The molecular weight excluding hydrogens is 522 g/mol. The number of benzene rings is 3. The third-order valence-electron chi connectivity index (χ3n) is 6.25. The van der Waals surface area contributed by atoms with E-state index in [9.17, 15) is 18.4 Å². The van der Waals surface area contributed by atoms with E-state index in [1.54, 1.807) is 68.5 Å². The molecule has 0 fully saturated rings. The van der Waals surface area contributed by atoms with E-state index in [4.69, 9.17) is 9.47 Å². The lowest BCUT2D eigenvalue weighted by Crippen LogP contribution is -2.39. The van der Waals surface area contributed by atoms with E-state index in [0.717, 1.165) is 0 Å². The molecule has 4 aromatic rings. The molecule has 2 heterocycles. The second kappa shape index (κ2) is 11.2. The summed E-state index contributed by atoms with van der Waals surface area (Å²) in [4.78, 5) is 31.7. The fraction of sp³-hybridized carbons (Fsp3) is 0.167. The van der Waals surface area contributed by atoms with Crippen LogP contribution in [0.2, 0.25) is 0 Å². The van der Waals surface area contributed by atoms with Crippen LogP contribution in [-0.2, 0) is 16.1 Å². The van der Waals surface area contributed by atoms with Crippen molar-refractivity contribution in [1.29, 1.82) is 0 Å². The molecule has 0 saturated heterocycles. The summed E-state index contributed by atoms with van der Waals surface area (Å²) < 4.78 is 40.8. The molecule has 0 N–H and O–H groups in total. The molecule has 1 aliphatic heterocycles. The highest BCUT2D eigenvalue weighted by Gasteiger charge is 2.33. The van der Waals surface area contributed by atoms with Gasteiger partial charge in [-0.05, 0) is 49.8 Å². The number of ether oxygens (including phenoxy) is 2. The van der Waals surface area contributed by atoms with Crippen molar-refractivity contribution in [3.05, 3.63) is 132 Å². The summed E-state index contributed by atoms with van der Waals surface area (Å²) in [5.74, 6) is -0.910. The van der Waals surface area contributed by atoms with E-state index >= 15 is 0 Å². The molecule has 5 rings (SSSR count). The quantitative estimate of drug-likeness (QED) is 0.317. The zero-order valence-corrected chi connectivity index (χ0v) is 22.0. The van der Waals surface area contributed by atoms with Gasteiger partial charge < -0.3 is 9.47 Å². The van der Waals surface area contributed by atoms with Crippen LogP contribution < -0.4 is 19.6 Å². The monoisotopic (exact) mass is 546 g/mol. The van der Waals surface area contributed by atoms with E-state index in [1.807, 2.05) is 6.07 Å². The maximum absolute atomic E-state index is 14.1. The number of allylic oxidation sites excluding steroid dienone is 1. The van der Waals surface area contributed by atoms with Gasteiger partial charge in [-0.1, -0.05) is 59.9 Å². The molecule has 39 heavy (non-hydrogen) atoms. The van der Waals surface area contributed by atoms with E-state index < -0.39 is 17.8 Å². The highest BCUT2D eigenvalue weighted by molar-refractivity contribution is 7.07. The fourth-order valence-electron chi connectivity index (χ4n) is 4.40. The molecule has 0 radical (unpaired) electrons. The predicted molar refractivity (Wildman–Crippen MR) is 144 cm³/mol. The second-order valence-corrected chi connectivity index (χ2v) is 9.78. The summed E-state index contributed by atoms with van der Waals surface area (Å²) in [6.45, 7) is 3.55. The molecular formula is C30H24F2N2O4S. The number of halogens is 2. The van der Waals surface area contributed by atoms with Crippen molar-refractivity contribution in [2.75, 3.05) is 6.61 Å². The lowest BCUT2D eigenvalue weighted by Gasteiger charge is -2.24. The van der Waals surface area contributed by atoms with Gasteiger partial charge in [-0.2, -0.15) is 0 Å². The van der Waals surface area contributed by atoms with Gasteiger partial charge in [-0.25, -0.2) is 18.6 Å². The van der Waals surface area contributed by atoms with E-state index in [2.05, 4.69) is 4.99 Å². The van der Waals surface area contributed by atoms with Gasteiger partial charge in [-0.15, -0.1) is 0 Å². The minimum absolute atomic E-state index is 0.0193. The van der Waals surface area contributed by atoms with Gasteiger partial charge in [0.15, 0.2) is 4.80 Å². The molecule has 1 atom stereocenters. The van der Waals surface area contributed by atoms with Gasteiger partial charge in [0, 0.05) is 11.1 Å². The lowest BCUT2D eigenvalue weighted by atomic mass is 9.96. The fourth-order valence-corrected chi connectivity index (χ4v) is 5.43. The molecule has 0 amide bonds. The predicted octanol–water partition coefficient (Wildman–Crippen LogP) is 4.66. The summed E-state index contributed by atoms with van der Waals surface area (Å²) in [6.07, 6.45) is 1.69. The van der Waals surface area contributed by atoms with Crippen LogP contribution >= 0.6 is 11.3 Å². The van der Waals surface area contributed by atoms with E-state index in [-0.39, 0.29) is 30.2 Å². The number of carbonyl (C=O) groups is 1. The first-order valence-corrected chi connectivity index (χ1v) is 13.1. The molecule has 0 saturated carbocycles. The maximum Gasteiger partial charge on any atom is 0.338 e. The minimum atomic E-state index is -0.837. The van der Waals surface area contributed by atoms with Crippen molar-refractivity contribution in [1.82, 2.24) is 4.57 Å². The van der Waals surface area contributed by atoms with Crippen molar-refractivity contribution >= 4 is 23.4 Å². The number of hydrogen-bond donors (Lipinski definition) is 0. The lowest BCUT2D eigenvalue weighted by molar-refractivity contribution is -0.139. The first-order chi connectivity index (χ1) is 18.9. The number of hydrogen-bond acceptors (Lipinski definition) is 6. The third-order valence-corrected chi connectivity index (χ3v) is 7.23. The highest BCUT2D eigenvalue weighted by atomic mass is 32.1. The van der Waals surface area contributed by atoms with Crippen LogP contribution in [-0.4, -0.2) is 17.1 Å². The number of para-hydroxylation sites is 1. The molecule has 6 nitrogen and oxygen atoms in total. The average molecular weight is 547 g/mol. The summed E-state index contributed by atoms with van der Waals surface area (Å²) in [7, 11) is 0. The maximum atomic E-state index is 14.1. The van der Waals surface area contributed by atoms with Crippen LogP contribution in [0, 0.1) is 11.6 Å². The summed E-state index contributed by atoms with van der Waals surface area (Å²) in [5, 5.41) is 0. The Morgan fingerprint density at radius 1 is 1.05 bits per heavy atom. The van der Waals surface area contributed by atoms with Crippen molar-refractivity contribution in [3.8, 4) is 5.75 Å². The Morgan fingerprint density at radius 2 is 1.77 bits per heavy atom. The molecule has 3 aromatic carbocycles. The molecule has 198 valence electrons. The second-order valence-electron chi connectivity index (χ2n) is 8.77. The van der Waals surface area contributed by atoms with Crippen LogP contribution in [0.5, 0.6) is 5.75 Å². The van der Waals surface area contributed by atoms with Gasteiger partial charge in [0.05, 0.1) is 28.5 Å². The molecule has 1 aromatic heterocycles. The van der Waals surface area contributed by atoms with Crippen LogP contribution in [0.25, 0.3) is 6.08 Å². The number of carbonyl (C=O) groups excluding carboxylic acids is 1. The Balaban J connectivity index is 1.60. The van der Waals surface area contributed by atoms with Crippen LogP contribution in [0.4, 0.5) is 8.78 Å². The Labute approximate surface area is 226 Å². The Morgan fingerprint density at radius 3 is 2.51 bits per heavy atom. The van der Waals surface area contributed by atoms with Gasteiger partial charge in [-0.3, -0.25) is 9.36 Å². The topological polar surface area (TPSA) is 69.9 Å². The molecule has 1 aliphatic rings. The number of thiazole rings is 1. The average Bonchev–Trinajstić information content (AvgIpc) is 3.23. The number of fused-ring (bicyclic) bond motifs is 1. The first-order valence-electron chi connectivity index (χ1n) is 12.3. The van der Waals surface area contributed by atoms with Crippen molar-refractivity contribution in [3.63, 3.8) is 0 Å². The molecule has 0 bridgehead atoms. The number of aromatic nitrogens is 1.